The van der Waals surface area contributed by atoms with Crippen LogP contribution < -0.4 is 21.0 Å². The van der Waals surface area contributed by atoms with Crippen LogP contribution in [-0.4, -0.2) is 63.4 Å². The number of rotatable bonds is 11. The summed E-state index contributed by atoms with van der Waals surface area (Å²) < 4.78 is 95.6. The fourth-order valence-electron chi connectivity index (χ4n) is 4.28. The van der Waals surface area contributed by atoms with Crippen molar-refractivity contribution >= 4 is 41.0 Å². The van der Waals surface area contributed by atoms with E-state index in [0.717, 1.165) is 5.39 Å². The highest BCUT2D eigenvalue weighted by Crippen LogP contribution is 2.54. The average molecular weight is 667 g/mol. The first kappa shape index (κ1) is 33.7. The summed E-state index contributed by atoms with van der Waals surface area (Å²) in [6.07, 6.45) is -9.96. The maximum atomic E-state index is 15.5. The van der Waals surface area contributed by atoms with E-state index in [1.54, 1.807) is 44.2 Å². The van der Waals surface area contributed by atoms with E-state index in [4.69, 9.17) is 36.1 Å². The molecule has 0 aliphatic carbocycles. The average Bonchev–Trinajstić information content (AvgIpc) is 3.14. The monoisotopic (exact) mass is 666 g/mol. The van der Waals surface area contributed by atoms with E-state index in [0.29, 0.717) is 5.39 Å². The van der Waals surface area contributed by atoms with Crippen LogP contribution in [0, 0.1) is 5.82 Å². The minimum absolute atomic E-state index is 0.0436. The predicted octanol–water partition coefficient (Wildman–Crippen LogP) is 3.90. The number of aromatic nitrogens is 2. The van der Waals surface area contributed by atoms with Crippen LogP contribution in [0.3, 0.4) is 0 Å². The normalized spacial score (nSPS) is 23.5. The number of alkyl halides is 4. The van der Waals surface area contributed by atoms with Crippen molar-refractivity contribution in [2.24, 2.45) is 0 Å². The fraction of sp³-hybridized carbons (Fsp3) is 0.423. The number of benzene rings is 2. The van der Waals surface area contributed by atoms with E-state index in [-0.39, 0.29) is 16.5 Å². The largest absolute Gasteiger partial charge is 0.462 e. The Morgan fingerprint density at radius 3 is 2.52 bits per heavy atom. The van der Waals surface area contributed by atoms with Crippen molar-refractivity contribution in [1.29, 1.82) is 0 Å². The number of nitrogens with zero attached hydrogens (tertiary/aromatic N) is 2. The van der Waals surface area contributed by atoms with E-state index in [1.807, 2.05) is 0 Å². The Morgan fingerprint density at radius 2 is 1.89 bits per heavy atom. The number of fused-ring (bicyclic) bond motifs is 1. The number of hydrogen-bond donors (Lipinski definition) is 3. The van der Waals surface area contributed by atoms with Gasteiger partial charge in [0.15, 0.2) is 24.0 Å². The van der Waals surface area contributed by atoms with Crippen molar-refractivity contribution in [1.82, 2.24) is 14.6 Å². The molecule has 18 heteroatoms. The molecule has 4 N–H and O–H groups in total. The molecule has 0 bridgehead atoms. The molecule has 3 aromatic rings. The summed E-state index contributed by atoms with van der Waals surface area (Å²) in [6, 6.07) is 10.4. The van der Waals surface area contributed by atoms with Crippen LogP contribution in [0.25, 0.3) is 10.8 Å². The minimum atomic E-state index is -4.81. The number of carbonyl (C=O) groups excluding carboxylic acids is 1. The molecule has 5 atom stereocenters. The van der Waals surface area contributed by atoms with Gasteiger partial charge in [-0.3, -0.25) is 9.36 Å². The van der Waals surface area contributed by atoms with Gasteiger partial charge in [0.2, 0.25) is 5.60 Å². The molecule has 1 aromatic heterocycles. The third kappa shape index (κ3) is 6.57. The first-order valence-electron chi connectivity index (χ1n) is 13.0. The molecule has 4 rings (SSSR count). The van der Waals surface area contributed by atoms with E-state index in [2.05, 4.69) is 10.1 Å². The van der Waals surface area contributed by atoms with E-state index >= 15 is 8.78 Å². The number of aliphatic hydroxyl groups excluding tert-OH is 1. The van der Waals surface area contributed by atoms with Gasteiger partial charge in [-0.2, -0.15) is 13.8 Å². The number of halogens is 5. The molecule has 0 spiro atoms. The lowest BCUT2D eigenvalue weighted by Crippen LogP contribution is -2.57. The molecule has 1 aliphatic rings. The Balaban J connectivity index is 1.70. The molecular weight excluding hydrogens is 638 g/mol. The van der Waals surface area contributed by atoms with Crippen molar-refractivity contribution in [3.63, 3.8) is 0 Å². The second-order valence-electron chi connectivity index (χ2n) is 10.1. The van der Waals surface area contributed by atoms with Gasteiger partial charge in [-0.05, 0) is 55.5 Å². The van der Waals surface area contributed by atoms with Gasteiger partial charge in [-0.1, -0.05) is 30.3 Å². The first-order chi connectivity index (χ1) is 20.5. The number of carbonyl (C=O) groups is 1. The lowest BCUT2D eigenvalue weighted by atomic mass is 9.95. The van der Waals surface area contributed by atoms with Crippen LogP contribution >= 0.6 is 6.64 Å². The van der Waals surface area contributed by atoms with Gasteiger partial charge >= 0.3 is 24.2 Å². The standard InChI is InChI=1S/C26H28F5N4O7PS/c1-13(2)40-22(37)14(3)34-43(44,42-17-9-8-15-6-4-5-7-16(15)10-17)39-12-25(23(28)29)26(30,31)19(36)21(41-25)35-11-18(27)20(32)33-24(35)38/h4-11,13-14,19,21,23,36H,12H2,1-3H3,(H,34,44)(H2,32,33,38). The molecule has 0 saturated carbocycles. The van der Waals surface area contributed by atoms with Gasteiger partial charge in [0.25, 0.3) is 6.43 Å². The molecule has 1 aliphatic heterocycles. The summed E-state index contributed by atoms with van der Waals surface area (Å²) >= 11 is 5.48. The highest BCUT2D eigenvalue weighted by atomic mass is 32.5. The van der Waals surface area contributed by atoms with Crippen LogP contribution in [0.1, 0.15) is 27.0 Å². The SMILES string of the molecule is CC(C)OC(=O)C(C)NP(=S)(OCC1(C(F)F)OC(n2cc(F)c(N)nc2=O)C(O)C1(F)F)Oc1ccc2ccccc2c1. The number of hydrogen-bond acceptors (Lipinski definition) is 10. The number of esters is 1. The van der Waals surface area contributed by atoms with Crippen molar-refractivity contribution in [3.8, 4) is 5.75 Å². The Bertz CT molecular complexity index is 1650. The third-order valence-electron chi connectivity index (χ3n) is 6.55. The molecule has 44 heavy (non-hydrogen) atoms. The highest BCUT2D eigenvalue weighted by molar-refractivity contribution is 8.09. The summed E-state index contributed by atoms with van der Waals surface area (Å²) in [6.45, 7) is -1.47. The topological polar surface area (TPSA) is 147 Å². The molecule has 0 radical (unpaired) electrons. The predicted molar refractivity (Wildman–Crippen MR) is 151 cm³/mol. The molecule has 1 saturated heterocycles. The van der Waals surface area contributed by atoms with Gasteiger partial charge < -0.3 is 29.4 Å². The Morgan fingerprint density at radius 1 is 1.23 bits per heavy atom. The maximum absolute atomic E-state index is 15.5. The number of aliphatic hydroxyl groups is 1. The van der Waals surface area contributed by atoms with Gasteiger partial charge in [0, 0.05) is 0 Å². The van der Waals surface area contributed by atoms with Crippen molar-refractivity contribution in [2.45, 2.75) is 63.2 Å². The van der Waals surface area contributed by atoms with E-state index in [1.165, 1.54) is 19.1 Å². The second-order valence-corrected chi connectivity index (χ2v) is 13.3. The third-order valence-corrected chi connectivity index (χ3v) is 9.03. The lowest BCUT2D eigenvalue weighted by Gasteiger charge is -2.35. The number of nitrogens with two attached hydrogens (primary N) is 1. The highest BCUT2D eigenvalue weighted by Gasteiger charge is 2.74. The fourth-order valence-corrected chi connectivity index (χ4v) is 6.69. The summed E-state index contributed by atoms with van der Waals surface area (Å²) in [5.74, 6) is -7.85. The minimum Gasteiger partial charge on any atom is -0.462 e. The van der Waals surface area contributed by atoms with Crippen LogP contribution in [0.4, 0.5) is 27.8 Å². The Labute approximate surface area is 252 Å². The summed E-state index contributed by atoms with van der Waals surface area (Å²) in [5, 5.41) is 14.4. The molecular formula is C26H28F5N4O7PS. The summed E-state index contributed by atoms with van der Waals surface area (Å²) in [5.41, 5.74) is -0.194. The Hall–Kier alpha value is -3.21. The zero-order chi connectivity index (χ0) is 32.6. The quantitative estimate of drug-likeness (QED) is 0.156. The summed E-state index contributed by atoms with van der Waals surface area (Å²) in [7, 11) is 0. The number of nitrogen functional groups attached to an aromatic ring is 1. The van der Waals surface area contributed by atoms with E-state index in [9.17, 15) is 27.9 Å². The van der Waals surface area contributed by atoms with Crippen molar-refractivity contribution < 1.29 is 50.4 Å². The molecule has 2 aromatic carbocycles. The zero-order valence-corrected chi connectivity index (χ0v) is 25.0. The molecule has 240 valence electrons. The van der Waals surface area contributed by atoms with Gasteiger partial charge in [-0.25, -0.2) is 23.1 Å². The Kier molecular flexibility index (Phi) is 9.68. The maximum Gasteiger partial charge on any atom is 0.351 e. The smallest absolute Gasteiger partial charge is 0.351 e. The first-order valence-corrected chi connectivity index (χ1v) is 15.6. The molecule has 1 fully saturated rings. The lowest BCUT2D eigenvalue weighted by molar-refractivity contribution is -0.241. The molecule has 0 amide bonds. The second kappa shape index (κ2) is 12.7. The van der Waals surface area contributed by atoms with Crippen LogP contribution in [-0.2, 0) is 30.6 Å². The molecule has 11 nitrogen and oxygen atoms in total. The van der Waals surface area contributed by atoms with Gasteiger partial charge in [0.05, 0.1) is 18.9 Å². The van der Waals surface area contributed by atoms with Crippen LogP contribution in [0.2, 0.25) is 0 Å². The van der Waals surface area contributed by atoms with E-state index < -0.39 is 79.0 Å². The number of anilines is 1. The molecule has 5 unspecified atom stereocenters. The number of nitrogens with one attached hydrogen (secondary N) is 1. The summed E-state index contributed by atoms with van der Waals surface area (Å²) in [4.78, 5) is 27.9. The van der Waals surface area contributed by atoms with Crippen molar-refractivity contribution in [3.05, 3.63) is 65.0 Å². The van der Waals surface area contributed by atoms with Crippen LogP contribution in [0.15, 0.2) is 53.5 Å². The van der Waals surface area contributed by atoms with Gasteiger partial charge in [-0.15, -0.1) is 0 Å². The van der Waals surface area contributed by atoms with Gasteiger partial charge in [0.1, 0.15) is 11.8 Å². The molecule has 2 heterocycles. The zero-order valence-electron chi connectivity index (χ0n) is 23.3. The van der Waals surface area contributed by atoms with Crippen molar-refractivity contribution in [2.75, 3.05) is 12.3 Å². The van der Waals surface area contributed by atoms with Crippen LogP contribution in [0.5, 0.6) is 5.75 Å². The number of ether oxygens (including phenoxy) is 2.